The van der Waals surface area contributed by atoms with Crippen LogP contribution in [0.3, 0.4) is 0 Å². The Morgan fingerprint density at radius 2 is 1.93 bits per heavy atom. The zero-order valence-electron chi connectivity index (χ0n) is 16.9. The molecule has 154 valence electrons. The molecule has 0 spiro atoms. The molecule has 0 aliphatic heterocycles. The third-order valence-corrected chi connectivity index (χ3v) is 5.65. The van der Waals surface area contributed by atoms with Crippen LogP contribution in [0.15, 0.2) is 52.6 Å². The van der Waals surface area contributed by atoms with Gasteiger partial charge in [0.1, 0.15) is 0 Å². The number of aromatic nitrogens is 2. The van der Waals surface area contributed by atoms with Crippen LogP contribution in [-0.4, -0.2) is 43.3 Å². The predicted molar refractivity (Wildman–Crippen MR) is 112 cm³/mol. The minimum atomic E-state index is -3.61. The summed E-state index contributed by atoms with van der Waals surface area (Å²) in [5.41, 5.74) is 0.129. The summed E-state index contributed by atoms with van der Waals surface area (Å²) in [6.45, 7) is 7.35. The molecule has 1 heterocycles. The highest BCUT2D eigenvalue weighted by atomic mass is 32.2. The van der Waals surface area contributed by atoms with E-state index in [0.29, 0.717) is 18.1 Å². The molecule has 0 saturated heterocycles. The van der Waals surface area contributed by atoms with Crippen molar-refractivity contribution in [3.05, 3.63) is 48.3 Å². The van der Waals surface area contributed by atoms with E-state index in [0.717, 1.165) is 19.5 Å². The third kappa shape index (κ3) is 6.97. The van der Waals surface area contributed by atoms with E-state index in [9.17, 15) is 8.42 Å². The van der Waals surface area contributed by atoms with E-state index in [1.807, 2.05) is 43.8 Å². The van der Waals surface area contributed by atoms with Gasteiger partial charge in [-0.1, -0.05) is 18.2 Å². The van der Waals surface area contributed by atoms with Crippen LogP contribution in [0.1, 0.15) is 32.8 Å². The molecule has 0 saturated carbocycles. The van der Waals surface area contributed by atoms with Gasteiger partial charge in [0.2, 0.25) is 10.0 Å². The number of hydrogen-bond acceptors (Lipinski definition) is 4. The molecule has 1 aromatic carbocycles. The van der Waals surface area contributed by atoms with Gasteiger partial charge in [-0.25, -0.2) is 13.1 Å². The molecule has 9 heteroatoms. The molecule has 0 radical (unpaired) electrons. The summed E-state index contributed by atoms with van der Waals surface area (Å²) in [5, 5.41) is 10.6. The lowest BCUT2D eigenvalue weighted by Gasteiger charge is -2.22. The summed E-state index contributed by atoms with van der Waals surface area (Å²) >= 11 is 0. The zero-order valence-corrected chi connectivity index (χ0v) is 17.8. The Morgan fingerprint density at radius 3 is 2.57 bits per heavy atom. The molecule has 0 unspecified atom stereocenters. The highest BCUT2D eigenvalue weighted by molar-refractivity contribution is 7.89. The van der Waals surface area contributed by atoms with Gasteiger partial charge in [0.05, 0.1) is 4.90 Å². The standard InChI is InChI=1S/C19H30N6O2S/c1-19(2,3)24-28(26,27)17-10-6-5-9-16(17)15-22-18(20-4)21-11-7-13-25-14-8-12-23-25/h5-6,8-10,12,14,24H,7,11,13,15H2,1-4H3,(H2,20,21,22). The molecular formula is C19H30N6O2S. The number of hydrogen-bond donors (Lipinski definition) is 3. The first kappa shape index (κ1) is 21.9. The molecule has 0 amide bonds. The molecule has 3 N–H and O–H groups in total. The van der Waals surface area contributed by atoms with Gasteiger partial charge < -0.3 is 10.6 Å². The quantitative estimate of drug-likeness (QED) is 0.352. The Labute approximate surface area is 167 Å². The lowest BCUT2D eigenvalue weighted by Crippen LogP contribution is -2.41. The van der Waals surface area contributed by atoms with Crippen LogP contribution in [0.2, 0.25) is 0 Å². The first-order valence-electron chi connectivity index (χ1n) is 9.25. The van der Waals surface area contributed by atoms with E-state index in [1.54, 1.807) is 31.4 Å². The normalized spacial score (nSPS) is 12.8. The van der Waals surface area contributed by atoms with E-state index in [4.69, 9.17) is 0 Å². The number of nitrogens with zero attached hydrogens (tertiary/aromatic N) is 3. The highest BCUT2D eigenvalue weighted by Crippen LogP contribution is 2.17. The van der Waals surface area contributed by atoms with Crippen LogP contribution in [0.5, 0.6) is 0 Å². The van der Waals surface area contributed by atoms with Crippen LogP contribution >= 0.6 is 0 Å². The molecule has 0 fully saturated rings. The largest absolute Gasteiger partial charge is 0.356 e. The van der Waals surface area contributed by atoms with E-state index in [1.165, 1.54) is 0 Å². The molecule has 0 bridgehead atoms. The number of aliphatic imine (C=N–C) groups is 1. The van der Waals surface area contributed by atoms with Crippen molar-refractivity contribution < 1.29 is 8.42 Å². The highest BCUT2D eigenvalue weighted by Gasteiger charge is 2.24. The van der Waals surface area contributed by atoms with E-state index >= 15 is 0 Å². The Kier molecular flexibility index (Phi) is 7.59. The number of nitrogens with one attached hydrogen (secondary N) is 3. The minimum absolute atomic E-state index is 0.270. The topological polar surface area (TPSA) is 100 Å². The molecule has 28 heavy (non-hydrogen) atoms. The molecule has 1 aromatic heterocycles. The lowest BCUT2D eigenvalue weighted by atomic mass is 10.1. The second-order valence-electron chi connectivity index (χ2n) is 7.44. The number of rotatable bonds is 8. The zero-order chi connectivity index (χ0) is 20.6. The van der Waals surface area contributed by atoms with Crippen molar-refractivity contribution in [1.82, 2.24) is 25.1 Å². The average molecular weight is 407 g/mol. The van der Waals surface area contributed by atoms with Gasteiger partial charge in [-0.05, 0) is 44.9 Å². The molecule has 2 aromatic rings. The van der Waals surface area contributed by atoms with Crippen molar-refractivity contribution in [3.8, 4) is 0 Å². The summed E-state index contributed by atoms with van der Waals surface area (Å²) in [6.07, 6.45) is 4.58. The third-order valence-electron chi connectivity index (χ3n) is 3.79. The van der Waals surface area contributed by atoms with E-state index in [2.05, 4.69) is 25.4 Å². The fourth-order valence-corrected chi connectivity index (χ4v) is 4.31. The van der Waals surface area contributed by atoms with Gasteiger partial charge in [-0.3, -0.25) is 9.67 Å². The molecule has 8 nitrogen and oxygen atoms in total. The van der Waals surface area contributed by atoms with Gasteiger partial charge in [0.15, 0.2) is 5.96 Å². The van der Waals surface area contributed by atoms with Crippen LogP contribution in [0, 0.1) is 0 Å². The first-order chi connectivity index (χ1) is 13.2. The summed E-state index contributed by atoms with van der Waals surface area (Å²) in [7, 11) is -1.92. The fourth-order valence-electron chi connectivity index (χ4n) is 2.65. The van der Waals surface area contributed by atoms with Crippen LogP contribution in [-0.2, 0) is 23.1 Å². The molecule has 0 aliphatic carbocycles. The van der Waals surface area contributed by atoms with Crippen LogP contribution in [0.25, 0.3) is 0 Å². The van der Waals surface area contributed by atoms with Crippen LogP contribution < -0.4 is 15.4 Å². The predicted octanol–water partition coefficient (Wildman–Crippen LogP) is 1.72. The lowest BCUT2D eigenvalue weighted by molar-refractivity contribution is 0.491. The summed E-state index contributed by atoms with van der Waals surface area (Å²) in [4.78, 5) is 4.47. The Balaban J connectivity index is 1.93. The van der Waals surface area contributed by atoms with Crippen molar-refractivity contribution >= 4 is 16.0 Å². The number of benzene rings is 1. The maximum Gasteiger partial charge on any atom is 0.241 e. The van der Waals surface area contributed by atoms with Crippen molar-refractivity contribution in [2.24, 2.45) is 4.99 Å². The van der Waals surface area contributed by atoms with Crippen LogP contribution in [0.4, 0.5) is 0 Å². The summed E-state index contributed by atoms with van der Waals surface area (Å²) in [5.74, 6) is 0.622. The van der Waals surface area contributed by atoms with E-state index < -0.39 is 15.6 Å². The average Bonchev–Trinajstić information content (AvgIpc) is 3.13. The maximum atomic E-state index is 12.7. The van der Waals surface area contributed by atoms with Gasteiger partial charge in [-0.2, -0.15) is 5.10 Å². The Hall–Kier alpha value is -2.39. The monoisotopic (exact) mass is 406 g/mol. The van der Waals surface area contributed by atoms with Crippen molar-refractivity contribution in [2.45, 2.75) is 50.7 Å². The molecule has 0 atom stereocenters. The first-order valence-corrected chi connectivity index (χ1v) is 10.7. The van der Waals surface area contributed by atoms with Gasteiger partial charge in [-0.15, -0.1) is 0 Å². The second kappa shape index (κ2) is 9.70. The maximum absolute atomic E-state index is 12.7. The SMILES string of the molecule is CN=C(NCCCn1cccn1)NCc1ccccc1S(=O)(=O)NC(C)(C)C. The number of sulfonamides is 1. The fraction of sp³-hybridized carbons (Fsp3) is 0.474. The molecule has 2 rings (SSSR count). The number of aryl methyl sites for hydroxylation is 1. The Bertz CT molecular complexity index is 870. The molecule has 0 aliphatic rings. The van der Waals surface area contributed by atoms with Gasteiger partial charge in [0.25, 0.3) is 0 Å². The van der Waals surface area contributed by atoms with Crippen molar-refractivity contribution in [1.29, 1.82) is 0 Å². The smallest absolute Gasteiger partial charge is 0.241 e. The Morgan fingerprint density at radius 1 is 1.18 bits per heavy atom. The minimum Gasteiger partial charge on any atom is -0.356 e. The molecular weight excluding hydrogens is 376 g/mol. The summed E-state index contributed by atoms with van der Waals surface area (Å²) < 4.78 is 30.0. The van der Waals surface area contributed by atoms with Crippen molar-refractivity contribution in [3.63, 3.8) is 0 Å². The van der Waals surface area contributed by atoms with Crippen molar-refractivity contribution in [2.75, 3.05) is 13.6 Å². The second-order valence-corrected chi connectivity index (χ2v) is 9.09. The van der Waals surface area contributed by atoms with Gasteiger partial charge in [0, 0.05) is 44.6 Å². The summed E-state index contributed by atoms with van der Waals surface area (Å²) in [6, 6.07) is 8.87. The van der Waals surface area contributed by atoms with Gasteiger partial charge >= 0.3 is 0 Å². The van der Waals surface area contributed by atoms with E-state index in [-0.39, 0.29) is 4.90 Å². The number of guanidine groups is 1.